The molecule has 8 nitrogen and oxygen atoms in total. The molecular weight excluding hydrogens is 376 g/mol. The number of amides is 1. The summed E-state index contributed by atoms with van der Waals surface area (Å²) in [7, 11) is 3.15. The summed E-state index contributed by atoms with van der Waals surface area (Å²) in [6.07, 6.45) is 2.35. The van der Waals surface area contributed by atoms with Crippen molar-refractivity contribution in [2.24, 2.45) is 5.92 Å². The van der Waals surface area contributed by atoms with Crippen molar-refractivity contribution in [2.45, 2.75) is 12.8 Å². The molecule has 1 fully saturated rings. The Bertz CT molecular complexity index is 877. The van der Waals surface area contributed by atoms with Crippen LogP contribution in [0.2, 0.25) is 0 Å². The summed E-state index contributed by atoms with van der Waals surface area (Å²) in [5.41, 5.74) is 1.38. The van der Waals surface area contributed by atoms with Gasteiger partial charge in [-0.25, -0.2) is 0 Å². The van der Waals surface area contributed by atoms with Gasteiger partial charge in [0.25, 0.3) is 0 Å². The molecule has 1 saturated heterocycles. The molecule has 0 saturated carbocycles. The molecule has 154 valence electrons. The lowest BCUT2D eigenvalue weighted by Crippen LogP contribution is -2.29. The first-order valence-corrected chi connectivity index (χ1v) is 9.33. The minimum absolute atomic E-state index is 0.0943. The second-order valence-corrected chi connectivity index (χ2v) is 6.79. The molecule has 0 bridgehead atoms. The van der Waals surface area contributed by atoms with Crippen LogP contribution >= 0.6 is 0 Å². The number of likely N-dealkylation sites (tertiary alicyclic amines) is 1. The Hall–Kier alpha value is -3.29. The number of aromatic amines is 1. The van der Waals surface area contributed by atoms with Gasteiger partial charge in [-0.3, -0.25) is 14.4 Å². The number of hydrogen-bond donors (Lipinski definition) is 1. The molecule has 2 aromatic rings. The van der Waals surface area contributed by atoms with Gasteiger partial charge in [0.2, 0.25) is 11.7 Å². The lowest BCUT2D eigenvalue weighted by molar-refractivity contribution is -0.147. The zero-order valence-corrected chi connectivity index (χ0v) is 16.5. The predicted molar refractivity (Wildman–Crippen MR) is 104 cm³/mol. The van der Waals surface area contributed by atoms with Crippen molar-refractivity contribution in [3.05, 3.63) is 47.8 Å². The molecule has 1 aliphatic rings. The van der Waals surface area contributed by atoms with Crippen molar-refractivity contribution in [3.8, 4) is 11.5 Å². The van der Waals surface area contributed by atoms with Gasteiger partial charge in [0.15, 0.2) is 18.1 Å². The molecule has 3 rings (SSSR count). The van der Waals surface area contributed by atoms with Crippen LogP contribution in [-0.4, -0.2) is 61.5 Å². The number of esters is 1. The van der Waals surface area contributed by atoms with Crippen molar-refractivity contribution in [2.75, 3.05) is 33.9 Å². The quantitative estimate of drug-likeness (QED) is 0.510. The minimum atomic E-state index is -0.552. The van der Waals surface area contributed by atoms with Gasteiger partial charge >= 0.3 is 5.97 Å². The summed E-state index contributed by atoms with van der Waals surface area (Å²) in [4.78, 5) is 40.8. The number of methoxy groups -OCH3 is 2. The minimum Gasteiger partial charge on any atom is -0.493 e. The van der Waals surface area contributed by atoms with E-state index in [1.807, 2.05) is 18.2 Å². The summed E-state index contributed by atoms with van der Waals surface area (Å²) in [5.74, 6) is -0.200. The number of carbonyl (C=O) groups is 3. The molecule has 2 heterocycles. The highest BCUT2D eigenvalue weighted by molar-refractivity contribution is 5.96. The van der Waals surface area contributed by atoms with E-state index in [2.05, 4.69) is 4.98 Å². The smallest absolute Gasteiger partial charge is 0.311 e. The van der Waals surface area contributed by atoms with E-state index >= 15 is 0 Å². The fourth-order valence-electron chi connectivity index (χ4n) is 3.28. The molecule has 1 amide bonds. The normalized spacial score (nSPS) is 16.0. The second kappa shape index (κ2) is 9.27. The molecule has 0 radical (unpaired) electrons. The van der Waals surface area contributed by atoms with Crippen LogP contribution in [-0.2, 0) is 20.7 Å². The highest BCUT2D eigenvalue weighted by atomic mass is 16.5. The maximum atomic E-state index is 12.3. The van der Waals surface area contributed by atoms with Gasteiger partial charge in [0, 0.05) is 25.7 Å². The number of hydrogen-bond acceptors (Lipinski definition) is 6. The molecular formula is C21H24N2O6. The fraction of sp³-hybridized carbons (Fsp3) is 0.381. The average molecular weight is 400 g/mol. The van der Waals surface area contributed by atoms with Gasteiger partial charge in [-0.15, -0.1) is 0 Å². The van der Waals surface area contributed by atoms with Gasteiger partial charge in [-0.2, -0.15) is 0 Å². The Morgan fingerprint density at radius 3 is 2.66 bits per heavy atom. The van der Waals surface area contributed by atoms with Gasteiger partial charge < -0.3 is 24.1 Å². The molecule has 1 aliphatic heterocycles. The number of Topliss-reactive ketones (excluding diaryl/α,β-unsaturated/α-hetero) is 1. The van der Waals surface area contributed by atoms with Crippen LogP contribution in [0.4, 0.5) is 0 Å². The van der Waals surface area contributed by atoms with Crippen LogP contribution in [0.25, 0.3) is 0 Å². The SMILES string of the molecule is COc1ccc(CCN2C[C@H](C(=O)OCC(=O)c3ccc[nH]3)CC2=O)cc1OC. The number of benzene rings is 1. The number of aromatic nitrogens is 1. The number of ether oxygens (including phenoxy) is 3. The van der Waals surface area contributed by atoms with Crippen LogP contribution < -0.4 is 9.47 Å². The van der Waals surface area contributed by atoms with Crippen molar-refractivity contribution < 1.29 is 28.6 Å². The monoisotopic (exact) mass is 400 g/mol. The van der Waals surface area contributed by atoms with Gasteiger partial charge in [-0.1, -0.05) is 6.07 Å². The van der Waals surface area contributed by atoms with Gasteiger partial charge in [0.05, 0.1) is 25.8 Å². The Morgan fingerprint density at radius 1 is 1.17 bits per heavy atom. The summed E-state index contributed by atoms with van der Waals surface area (Å²) < 4.78 is 15.6. The number of H-pyrrole nitrogens is 1. The summed E-state index contributed by atoms with van der Waals surface area (Å²) in [6.45, 7) is 0.441. The van der Waals surface area contributed by atoms with E-state index in [1.54, 1.807) is 37.4 Å². The Morgan fingerprint density at radius 2 is 1.97 bits per heavy atom. The first kappa shape index (κ1) is 20.4. The van der Waals surface area contributed by atoms with Crippen molar-refractivity contribution >= 4 is 17.7 Å². The molecule has 29 heavy (non-hydrogen) atoms. The zero-order valence-electron chi connectivity index (χ0n) is 16.5. The maximum Gasteiger partial charge on any atom is 0.311 e. The van der Waals surface area contributed by atoms with Crippen molar-refractivity contribution in [3.63, 3.8) is 0 Å². The van der Waals surface area contributed by atoms with E-state index in [0.717, 1.165) is 5.56 Å². The van der Waals surface area contributed by atoms with Gasteiger partial charge in [-0.05, 0) is 36.2 Å². The molecule has 0 spiro atoms. The highest BCUT2D eigenvalue weighted by Crippen LogP contribution is 2.28. The Kier molecular flexibility index (Phi) is 6.54. The third-order valence-corrected chi connectivity index (χ3v) is 4.91. The Balaban J connectivity index is 1.49. The lowest BCUT2D eigenvalue weighted by Gasteiger charge is -2.17. The fourth-order valence-corrected chi connectivity index (χ4v) is 3.28. The summed E-state index contributed by atoms with van der Waals surface area (Å²) in [5, 5.41) is 0. The molecule has 1 aromatic carbocycles. The largest absolute Gasteiger partial charge is 0.493 e. The van der Waals surface area contributed by atoms with Crippen LogP contribution in [0.1, 0.15) is 22.5 Å². The van der Waals surface area contributed by atoms with Crippen LogP contribution in [0.3, 0.4) is 0 Å². The molecule has 1 atom stereocenters. The van der Waals surface area contributed by atoms with Crippen LogP contribution in [0.15, 0.2) is 36.5 Å². The molecule has 1 aromatic heterocycles. The molecule has 8 heteroatoms. The molecule has 1 N–H and O–H groups in total. The summed E-state index contributed by atoms with van der Waals surface area (Å²) >= 11 is 0. The maximum absolute atomic E-state index is 12.3. The number of nitrogens with zero attached hydrogens (tertiary/aromatic N) is 1. The first-order valence-electron chi connectivity index (χ1n) is 9.33. The predicted octanol–water partition coefficient (Wildman–Crippen LogP) is 1.85. The van der Waals surface area contributed by atoms with Crippen molar-refractivity contribution in [1.82, 2.24) is 9.88 Å². The zero-order chi connectivity index (χ0) is 20.8. The second-order valence-electron chi connectivity index (χ2n) is 6.79. The highest BCUT2D eigenvalue weighted by Gasteiger charge is 2.35. The molecule has 0 unspecified atom stereocenters. The molecule has 0 aliphatic carbocycles. The van der Waals surface area contributed by atoms with Crippen molar-refractivity contribution in [1.29, 1.82) is 0 Å². The number of rotatable bonds is 9. The van der Waals surface area contributed by atoms with E-state index in [4.69, 9.17) is 14.2 Å². The number of nitrogens with one attached hydrogen (secondary N) is 1. The third-order valence-electron chi connectivity index (χ3n) is 4.91. The van der Waals surface area contributed by atoms with Gasteiger partial charge in [0.1, 0.15) is 0 Å². The summed E-state index contributed by atoms with van der Waals surface area (Å²) in [6, 6.07) is 8.92. The average Bonchev–Trinajstić information content (AvgIpc) is 3.40. The topological polar surface area (TPSA) is 97.9 Å². The number of ketones is 1. The third kappa shape index (κ3) is 4.96. The van der Waals surface area contributed by atoms with E-state index in [0.29, 0.717) is 36.7 Å². The van der Waals surface area contributed by atoms with Crippen LogP contribution in [0, 0.1) is 5.92 Å². The first-order chi connectivity index (χ1) is 14.0. The Labute approximate surface area is 168 Å². The number of carbonyl (C=O) groups excluding carboxylic acids is 3. The standard InChI is InChI=1S/C21H24N2O6/c1-27-18-6-5-14(10-19(18)28-2)7-9-23-12-15(11-20(23)25)21(26)29-13-17(24)16-4-3-8-22-16/h3-6,8,10,15,22H,7,9,11-13H2,1-2H3/t15-/m1/s1. The van der Waals surface area contributed by atoms with E-state index in [1.165, 1.54) is 0 Å². The van der Waals surface area contributed by atoms with Crippen LogP contribution in [0.5, 0.6) is 11.5 Å². The van der Waals surface area contributed by atoms with E-state index in [-0.39, 0.29) is 24.7 Å². The van der Waals surface area contributed by atoms with E-state index in [9.17, 15) is 14.4 Å². The lowest BCUT2D eigenvalue weighted by atomic mass is 10.1. The van der Waals surface area contributed by atoms with E-state index < -0.39 is 11.9 Å².